The molecule has 4 aromatic rings. The highest BCUT2D eigenvalue weighted by Gasteiger charge is 2.49. The number of hydrogen-bond acceptors (Lipinski definition) is 7. The van der Waals surface area contributed by atoms with E-state index in [1.54, 1.807) is 26.8 Å². The Kier molecular flexibility index (Phi) is 8.68. The van der Waals surface area contributed by atoms with E-state index in [2.05, 4.69) is 23.6 Å². The first kappa shape index (κ1) is 31.5. The van der Waals surface area contributed by atoms with Crippen LogP contribution in [0.2, 0.25) is 0 Å². The molecule has 0 unspecified atom stereocenters. The molecule has 2 amide bonds. The van der Waals surface area contributed by atoms with Gasteiger partial charge in [0.05, 0.1) is 29.8 Å². The van der Waals surface area contributed by atoms with Gasteiger partial charge < -0.3 is 14.0 Å². The number of nitrogens with zero attached hydrogens (tertiary/aromatic N) is 4. The van der Waals surface area contributed by atoms with Crippen LogP contribution in [0.3, 0.4) is 0 Å². The second-order valence-electron chi connectivity index (χ2n) is 13.4. The Balaban J connectivity index is 1.29. The van der Waals surface area contributed by atoms with Gasteiger partial charge in [-0.25, -0.2) is 19.7 Å². The van der Waals surface area contributed by atoms with E-state index in [9.17, 15) is 14.4 Å². The molecule has 240 valence electrons. The second kappa shape index (κ2) is 12.7. The standard InChI is InChI=1S/C37H42N4O5/c1-6-7-16-32-39-29-21-30(41-34(42)27-13-8-9-14-28(27)35(41)43)23(2)38-33(29)40(32)22-24-17-19-25(20-18-24)26-12-10-11-15-31(26)45-36(44)46-37(3,4)5/h10-12,15,17-21,27-28H,6-9,13-14,16,22H2,1-5H3/t27-,28+. The van der Waals surface area contributed by atoms with Crippen molar-refractivity contribution in [2.45, 2.75) is 91.7 Å². The van der Waals surface area contributed by atoms with Gasteiger partial charge in [0.15, 0.2) is 5.65 Å². The van der Waals surface area contributed by atoms with Gasteiger partial charge in [-0.1, -0.05) is 68.7 Å². The summed E-state index contributed by atoms with van der Waals surface area (Å²) in [6.07, 6.45) is 5.58. The fraction of sp³-hybridized carbons (Fsp3) is 0.432. The van der Waals surface area contributed by atoms with E-state index in [1.165, 1.54) is 4.90 Å². The molecule has 2 aromatic heterocycles. The van der Waals surface area contributed by atoms with Gasteiger partial charge in [0.25, 0.3) is 0 Å². The number of aromatic nitrogens is 3. The van der Waals surface area contributed by atoms with E-state index in [0.29, 0.717) is 29.2 Å². The molecule has 3 heterocycles. The van der Waals surface area contributed by atoms with Crippen LogP contribution < -0.4 is 9.64 Å². The van der Waals surface area contributed by atoms with Crippen molar-refractivity contribution < 1.29 is 23.9 Å². The Bertz CT molecular complexity index is 1760. The predicted octanol–water partition coefficient (Wildman–Crippen LogP) is 7.79. The number of imide groups is 1. The molecule has 2 fully saturated rings. The number of aryl methyl sites for hydroxylation is 2. The topological polar surface area (TPSA) is 104 Å². The average molecular weight is 623 g/mol. The molecule has 0 radical (unpaired) electrons. The molecule has 2 aliphatic rings. The molecular weight excluding hydrogens is 580 g/mol. The van der Waals surface area contributed by atoms with Gasteiger partial charge in [0, 0.05) is 12.0 Å². The van der Waals surface area contributed by atoms with Crippen molar-refractivity contribution >= 4 is 34.8 Å². The minimum Gasteiger partial charge on any atom is -0.428 e. The van der Waals surface area contributed by atoms with Gasteiger partial charge in [-0.3, -0.25) is 9.59 Å². The molecule has 1 saturated heterocycles. The molecular formula is C37H42N4O5. The SMILES string of the molecule is CCCCc1nc2cc(N3C(=O)[C@H]4CCCC[C@H]4C3=O)c(C)nc2n1Cc1ccc(-c2ccccc2OC(=O)OC(C)(C)C)cc1. The summed E-state index contributed by atoms with van der Waals surface area (Å²) in [5, 5.41) is 0. The number of amides is 2. The number of hydrogen-bond donors (Lipinski definition) is 0. The van der Waals surface area contributed by atoms with Gasteiger partial charge in [0.2, 0.25) is 11.8 Å². The van der Waals surface area contributed by atoms with Crippen molar-refractivity contribution in [2.24, 2.45) is 11.8 Å². The lowest BCUT2D eigenvalue weighted by Gasteiger charge is -2.19. The molecule has 9 heteroatoms. The number of carbonyl (C=O) groups is 3. The maximum Gasteiger partial charge on any atom is 0.514 e. The fourth-order valence-corrected chi connectivity index (χ4v) is 6.62. The lowest BCUT2D eigenvalue weighted by Crippen LogP contribution is -2.31. The number of pyridine rings is 1. The Morgan fingerprint density at radius 1 is 0.957 bits per heavy atom. The summed E-state index contributed by atoms with van der Waals surface area (Å²) < 4.78 is 13.1. The Hall–Kier alpha value is -4.53. The molecule has 0 spiro atoms. The third kappa shape index (κ3) is 6.28. The molecule has 1 aliphatic carbocycles. The van der Waals surface area contributed by atoms with Crippen molar-refractivity contribution in [3.8, 4) is 16.9 Å². The normalized spacial score (nSPS) is 18.2. The van der Waals surface area contributed by atoms with E-state index in [0.717, 1.165) is 73.1 Å². The van der Waals surface area contributed by atoms with Gasteiger partial charge in [-0.2, -0.15) is 0 Å². The average Bonchev–Trinajstić information content (AvgIpc) is 3.47. The first-order chi connectivity index (χ1) is 22.0. The number of rotatable bonds is 8. The summed E-state index contributed by atoms with van der Waals surface area (Å²) >= 11 is 0. The van der Waals surface area contributed by atoms with Crippen LogP contribution in [0.15, 0.2) is 54.6 Å². The molecule has 9 nitrogen and oxygen atoms in total. The highest BCUT2D eigenvalue weighted by molar-refractivity contribution is 6.22. The zero-order chi connectivity index (χ0) is 32.6. The molecule has 0 bridgehead atoms. The van der Waals surface area contributed by atoms with Crippen molar-refractivity contribution in [1.82, 2.24) is 14.5 Å². The van der Waals surface area contributed by atoms with Crippen LogP contribution in [0.1, 0.15) is 83.3 Å². The number of ether oxygens (including phenoxy) is 2. The minimum atomic E-state index is -0.745. The number of imidazole rings is 1. The van der Waals surface area contributed by atoms with Crippen LogP contribution in [-0.2, 0) is 27.3 Å². The van der Waals surface area contributed by atoms with Gasteiger partial charge in [0.1, 0.15) is 22.7 Å². The molecule has 2 atom stereocenters. The van der Waals surface area contributed by atoms with Crippen molar-refractivity contribution in [3.05, 3.63) is 71.7 Å². The zero-order valence-electron chi connectivity index (χ0n) is 27.3. The quantitative estimate of drug-likeness (QED) is 0.112. The molecule has 2 aromatic carbocycles. The van der Waals surface area contributed by atoms with E-state index >= 15 is 0 Å². The van der Waals surface area contributed by atoms with Crippen LogP contribution in [0.5, 0.6) is 5.75 Å². The van der Waals surface area contributed by atoms with Gasteiger partial charge in [-0.05, 0) is 70.2 Å². The fourth-order valence-electron chi connectivity index (χ4n) is 6.62. The smallest absolute Gasteiger partial charge is 0.428 e. The summed E-state index contributed by atoms with van der Waals surface area (Å²) in [7, 11) is 0. The third-order valence-corrected chi connectivity index (χ3v) is 8.88. The predicted molar refractivity (Wildman–Crippen MR) is 177 cm³/mol. The van der Waals surface area contributed by atoms with E-state index in [-0.39, 0.29) is 23.7 Å². The number of para-hydroxylation sites is 1. The Morgan fingerprint density at radius 3 is 2.28 bits per heavy atom. The van der Waals surface area contributed by atoms with Crippen LogP contribution >= 0.6 is 0 Å². The minimum absolute atomic E-state index is 0.0947. The van der Waals surface area contributed by atoms with Gasteiger partial charge >= 0.3 is 6.16 Å². The number of unbranched alkanes of at least 4 members (excludes halogenated alkanes) is 1. The molecule has 6 rings (SSSR count). The van der Waals surface area contributed by atoms with Crippen LogP contribution in [-0.4, -0.2) is 38.1 Å². The number of carbonyl (C=O) groups excluding carboxylic acids is 3. The molecule has 0 N–H and O–H groups in total. The third-order valence-electron chi connectivity index (χ3n) is 8.88. The highest BCUT2D eigenvalue weighted by Crippen LogP contribution is 2.41. The maximum absolute atomic E-state index is 13.4. The summed E-state index contributed by atoms with van der Waals surface area (Å²) in [6.45, 7) is 9.97. The molecule has 46 heavy (non-hydrogen) atoms. The zero-order valence-corrected chi connectivity index (χ0v) is 27.3. The monoisotopic (exact) mass is 622 g/mol. The first-order valence-corrected chi connectivity index (χ1v) is 16.4. The summed E-state index contributed by atoms with van der Waals surface area (Å²) in [4.78, 5) is 50.4. The Labute approximate surface area is 269 Å². The first-order valence-electron chi connectivity index (χ1n) is 16.4. The van der Waals surface area contributed by atoms with Crippen molar-refractivity contribution in [3.63, 3.8) is 0 Å². The summed E-state index contributed by atoms with van der Waals surface area (Å²) in [5.41, 5.74) is 4.72. The lowest BCUT2D eigenvalue weighted by molar-refractivity contribution is -0.122. The van der Waals surface area contributed by atoms with Crippen molar-refractivity contribution in [1.29, 1.82) is 0 Å². The summed E-state index contributed by atoms with van der Waals surface area (Å²) in [5.74, 6) is 0.733. The molecule has 1 aliphatic heterocycles. The Morgan fingerprint density at radius 2 is 1.63 bits per heavy atom. The van der Waals surface area contributed by atoms with Gasteiger partial charge in [-0.15, -0.1) is 0 Å². The summed E-state index contributed by atoms with van der Waals surface area (Å²) in [6, 6.07) is 17.4. The number of fused-ring (bicyclic) bond motifs is 2. The lowest BCUT2D eigenvalue weighted by atomic mass is 9.81. The molecule has 1 saturated carbocycles. The van der Waals surface area contributed by atoms with Crippen LogP contribution in [0, 0.1) is 18.8 Å². The largest absolute Gasteiger partial charge is 0.514 e. The van der Waals surface area contributed by atoms with Crippen LogP contribution in [0.25, 0.3) is 22.3 Å². The van der Waals surface area contributed by atoms with Crippen molar-refractivity contribution in [2.75, 3.05) is 4.90 Å². The van der Waals surface area contributed by atoms with E-state index < -0.39 is 11.8 Å². The highest BCUT2D eigenvalue weighted by atomic mass is 16.7. The van der Waals surface area contributed by atoms with E-state index in [1.807, 2.05) is 43.3 Å². The van der Waals surface area contributed by atoms with E-state index in [4.69, 9.17) is 19.4 Å². The van der Waals surface area contributed by atoms with Crippen LogP contribution in [0.4, 0.5) is 10.5 Å². The number of benzene rings is 2. The number of anilines is 1. The maximum atomic E-state index is 13.4. The second-order valence-corrected chi connectivity index (χ2v) is 13.4.